The molecule has 0 unspecified atom stereocenters. The van der Waals surface area contributed by atoms with Gasteiger partial charge in [0.1, 0.15) is 4.90 Å². The molecule has 21 heavy (non-hydrogen) atoms. The van der Waals surface area contributed by atoms with E-state index in [1.807, 2.05) is 5.38 Å². The lowest BCUT2D eigenvalue weighted by Gasteiger charge is -2.03. The van der Waals surface area contributed by atoms with Gasteiger partial charge in [-0.05, 0) is 0 Å². The Bertz CT molecular complexity index is 694. The molecule has 114 valence electrons. The van der Waals surface area contributed by atoms with Crippen molar-refractivity contribution in [1.82, 2.24) is 19.5 Å². The van der Waals surface area contributed by atoms with Gasteiger partial charge in [-0.3, -0.25) is 9.48 Å². The van der Waals surface area contributed by atoms with Crippen LogP contribution in [0.5, 0.6) is 0 Å². The number of thiazole rings is 1. The molecule has 2 aromatic heterocycles. The highest BCUT2D eigenvalue weighted by Crippen LogP contribution is 2.08. The Balaban J connectivity index is 1.91. The summed E-state index contributed by atoms with van der Waals surface area (Å²) in [6.07, 6.45) is 4.59. The zero-order chi connectivity index (χ0) is 15.3. The van der Waals surface area contributed by atoms with Crippen LogP contribution in [-0.2, 0) is 27.8 Å². The first-order valence-electron chi connectivity index (χ1n) is 6.09. The number of aromatic nitrogens is 3. The van der Waals surface area contributed by atoms with Gasteiger partial charge in [-0.2, -0.15) is 5.10 Å². The molecule has 0 spiro atoms. The largest absolute Gasteiger partial charge is 0.481 e. The summed E-state index contributed by atoms with van der Waals surface area (Å²) >= 11 is 1.46. The third-order valence-corrected chi connectivity index (χ3v) is 4.84. The first kappa shape index (κ1) is 15.6. The monoisotopic (exact) mass is 330 g/mol. The molecule has 2 N–H and O–H groups in total. The molecule has 8 nitrogen and oxygen atoms in total. The topological polar surface area (TPSA) is 114 Å². The molecule has 0 aliphatic heterocycles. The quantitative estimate of drug-likeness (QED) is 0.721. The number of carboxylic acids is 1. The van der Waals surface area contributed by atoms with Crippen molar-refractivity contribution in [1.29, 1.82) is 0 Å². The van der Waals surface area contributed by atoms with Gasteiger partial charge < -0.3 is 5.11 Å². The first-order chi connectivity index (χ1) is 9.97. The van der Waals surface area contributed by atoms with E-state index < -0.39 is 16.0 Å². The van der Waals surface area contributed by atoms with Crippen LogP contribution >= 0.6 is 11.3 Å². The molecule has 0 aromatic carbocycles. The molecule has 0 saturated heterocycles. The van der Waals surface area contributed by atoms with Crippen molar-refractivity contribution >= 4 is 27.3 Å². The maximum atomic E-state index is 12.0. The number of carbonyl (C=O) groups is 1. The van der Waals surface area contributed by atoms with Crippen molar-refractivity contribution in [3.63, 3.8) is 0 Å². The van der Waals surface area contributed by atoms with E-state index in [0.29, 0.717) is 6.42 Å². The van der Waals surface area contributed by atoms with Gasteiger partial charge in [-0.25, -0.2) is 18.1 Å². The molecule has 0 atom stereocenters. The molecule has 2 heterocycles. The maximum absolute atomic E-state index is 12.0. The summed E-state index contributed by atoms with van der Waals surface area (Å²) in [5.74, 6) is -0.962. The third-order valence-electron chi connectivity index (χ3n) is 2.59. The van der Waals surface area contributed by atoms with Crippen LogP contribution < -0.4 is 4.72 Å². The SMILES string of the molecule is O=C(O)CCn1cc(S(=O)(=O)NCCc2nccs2)cn1. The summed E-state index contributed by atoms with van der Waals surface area (Å²) in [7, 11) is -3.64. The molecule has 2 rings (SSSR count). The second-order valence-electron chi connectivity index (χ2n) is 4.16. The van der Waals surface area contributed by atoms with Gasteiger partial charge in [0.25, 0.3) is 0 Å². The number of hydrogen-bond acceptors (Lipinski definition) is 6. The highest BCUT2D eigenvalue weighted by molar-refractivity contribution is 7.89. The minimum atomic E-state index is -3.64. The van der Waals surface area contributed by atoms with Crippen molar-refractivity contribution in [2.75, 3.05) is 6.54 Å². The van der Waals surface area contributed by atoms with Gasteiger partial charge in [0, 0.05) is 30.7 Å². The fourth-order valence-electron chi connectivity index (χ4n) is 1.57. The van der Waals surface area contributed by atoms with E-state index >= 15 is 0 Å². The summed E-state index contributed by atoms with van der Waals surface area (Å²) in [6, 6.07) is 0. The smallest absolute Gasteiger partial charge is 0.305 e. The number of rotatable bonds is 8. The lowest BCUT2D eigenvalue weighted by Crippen LogP contribution is -2.25. The second kappa shape index (κ2) is 6.78. The molecule has 0 bridgehead atoms. The van der Waals surface area contributed by atoms with Crippen LogP contribution in [0.15, 0.2) is 28.9 Å². The summed E-state index contributed by atoms with van der Waals surface area (Å²) < 4.78 is 27.8. The summed E-state index contributed by atoms with van der Waals surface area (Å²) in [5.41, 5.74) is 0. The summed E-state index contributed by atoms with van der Waals surface area (Å²) in [6.45, 7) is 0.375. The lowest BCUT2D eigenvalue weighted by molar-refractivity contribution is -0.137. The minimum absolute atomic E-state index is 0.0204. The Labute approximate surface area is 125 Å². The van der Waals surface area contributed by atoms with E-state index in [0.717, 1.165) is 5.01 Å². The Morgan fingerprint density at radius 2 is 2.29 bits per heavy atom. The van der Waals surface area contributed by atoms with Crippen molar-refractivity contribution in [2.24, 2.45) is 0 Å². The van der Waals surface area contributed by atoms with Crippen LogP contribution in [0.1, 0.15) is 11.4 Å². The summed E-state index contributed by atoms with van der Waals surface area (Å²) in [4.78, 5) is 14.5. The predicted octanol–water partition coefficient (Wildman–Crippen LogP) is 0.335. The number of hydrogen-bond donors (Lipinski definition) is 2. The Kier molecular flexibility index (Phi) is 5.04. The highest BCUT2D eigenvalue weighted by atomic mass is 32.2. The number of carboxylic acid groups (broad SMARTS) is 1. The second-order valence-corrected chi connectivity index (χ2v) is 6.90. The number of nitrogens with one attached hydrogen (secondary N) is 1. The molecule has 0 aliphatic rings. The third kappa shape index (κ3) is 4.62. The summed E-state index contributed by atoms with van der Waals surface area (Å²) in [5, 5.41) is 15.1. The maximum Gasteiger partial charge on any atom is 0.305 e. The average Bonchev–Trinajstić information content (AvgIpc) is 3.07. The number of nitrogens with zero attached hydrogens (tertiary/aromatic N) is 3. The van der Waals surface area contributed by atoms with Gasteiger partial charge >= 0.3 is 5.97 Å². The van der Waals surface area contributed by atoms with Gasteiger partial charge in [0.15, 0.2) is 0 Å². The predicted molar refractivity (Wildman–Crippen MR) is 75.5 cm³/mol. The molecular weight excluding hydrogens is 316 g/mol. The van der Waals surface area contributed by atoms with E-state index in [2.05, 4.69) is 14.8 Å². The van der Waals surface area contributed by atoms with E-state index in [9.17, 15) is 13.2 Å². The molecule has 10 heteroatoms. The van der Waals surface area contributed by atoms with Crippen LogP contribution in [0.3, 0.4) is 0 Å². The molecular formula is C11H14N4O4S2. The van der Waals surface area contributed by atoms with Crippen LogP contribution in [0, 0.1) is 0 Å². The van der Waals surface area contributed by atoms with Crippen molar-refractivity contribution in [3.05, 3.63) is 29.0 Å². The van der Waals surface area contributed by atoms with Gasteiger partial charge in [0.2, 0.25) is 10.0 Å². The van der Waals surface area contributed by atoms with Crippen molar-refractivity contribution in [2.45, 2.75) is 24.3 Å². The van der Waals surface area contributed by atoms with Crippen molar-refractivity contribution in [3.8, 4) is 0 Å². The Morgan fingerprint density at radius 3 is 2.95 bits per heavy atom. The molecule has 0 fully saturated rings. The first-order valence-corrected chi connectivity index (χ1v) is 8.46. The van der Waals surface area contributed by atoms with E-state index in [1.165, 1.54) is 28.4 Å². The number of aliphatic carboxylic acids is 1. The average molecular weight is 330 g/mol. The number of sulfonamides is 1. The molecule has 0 saturated carbocycles. The van der Waals surface area contributed by atoms with Crippen LogP contribution in [0.25, 0.3) is 0 Å². The minimum Gasteiger partial charge on any atom is -0.481 e. The normalized spacial score (nSPS) is 11.6. The standard InChI is InChI=1S/C11H14N4O4S2/c16-11(17)2-5-15-8-9(7-13-15)21(18,19)14-3-1-10-12-4-6-20-10/h4,6-8,14H,1-3,5H2,(H,16,17). The Morgan fingerprint density at radius 1 is 1.48 bits per heavy atom. The highest BCUT2D eigenvalue weighted by Gasteiger charge is 2.16. The fraction of sp³-hybridized carbons (Fsp3) is 0.364. The molecule has 2 aromatic rings. The lowest BCUT2D eigenvalue weighted by atomic mass is 10.4. The Hall–Kier alpha value is -1.78. The van der Waals surface area contributed by atoms with E-state index in [1.54, 1.807) is 6.20 Å². The molecule has 0 amide bonds. The van der Waals surface area contributed by atoms with Crippen LogP contribution in [0.4, 0.5) is 0 Å². The van der Waals surface area contributed by atoms with Gasteiger partial charge in [-0.15, -0.1) is 11.3 Å². The van der Waals surface area contributed by atoms with Gasteiger partial charge in [0.05, 0.1) is 24.2 Å². The molecule has 0 aliphatic carbocycles. The van der Waals surface area contributed by atoms with E-state index in [-0.39, 0.29) is 24.4 Å². The van der Waals surface area contributed by atoms with Crippen LogP contribution in [-0.4, -0.2) is 40.8 Å². The van der Waals surface area contributed by atoms with Gasteiger partial charge in [-0.1, -0.05) is 0 Å². The zero-order valence-corrected chi connectivity index (χ0v) is 12.6. The zero-order valence-electron chi connectivity index (χ0n) is 11.0. The van der Waals surface area contributed by atoms with Crippen molar-refractivity contribution < 1.29 is 18.3 Å². The number of aryl methyl sites for hydroxylation is 1. The molecule has 0 radical (unpaired) electrons. The van der Waals surface area contributed by atoms with Crippen LogP contribution in [0.2, 0.25) is 0 Å². The van der Waals surface area contributed by atoms with E-state index in [4.69, 9.17) is 5.11 Å². The fourth-order valence-corrected chi connectivity index (χ4v) is 3.17.